The molecule has 1 heterocycles. The Labute approximate surface area is 112 Å². The minimum Gasteiger partial charge on any atom is -0.308 e. The van der Waals surface area contributed by atoms with Gasteiger partial charge in [-0.2, -0.15) is 5.10 Å². The van der Waals surface area contributed by atoms with Crippen molar-refractivity contribution < 1.29 is 0 Å². The Hall–Kier alpha value is -0.350. The van der Waals surface area contributed by atoms with Crippen LogP contribution < -0.4 is 5.32 Å². The van der Waals surface area contributed by atoms with Gasteiger partial charge in [-0.25, -0.2) is 0 Å². The lowest BCUT2D eigenvalue weighted by atomic mass is 9.87. The van der Waals surface area contributed by atoms with Crippen molar-refractivity contribution in [3.8, 4) is 0 Å². The Kier molecular flexibility index (Phi) is 4.26. The van der Waals surface area contributed by atoms with E-state index in [0.29, 0.717) is 6.04 Å². The molecular formula is C13H22BrN3. The van der Waals surface area contributed by atoms with Gasteiger partial charge < -0.3 is 5.32 Å². The monoisotopic (exact) mass is 299 g/mol. The van der Waals surface area contributed by atoms with Gasteiger partial charge >= 0.3 is 0 Å². The summed E-state index contributed by atoms with van der Waals surface area (Å²) in [4.78, 5) is 0. The molecule has 0 radical (unpaired) electrons. The maximum atomic E-state index is 4.42. The largest absolute Gasteiger partial charge is 0.308 e. The summed E-state index contributed by atoms with van der Waals surface area (Å²) in [6.45, 7) is 5.31. The fraction of sp³-hybridized carbons (Fsp3) is 0.769. The fourth-order valence-electron chi connectivity index (χ4n) is 2.58. The molecule has 0 amide bonds. The number of aryl methyl sites for hydroxylation is 2. The Bertz CT molecular complexity index is 378. The Morgan fingerprint density at radius 3 is 2.53 bits per heavy atom. The smallest absolute Gasteiger partial charge is 0.0739 e. The normalized spacial score (nSPS) is 25.2. The quantitative estimate of drug-likeness (QED) is 0.929. The van der Waals surface area contributed by atoms with E-state index in [4.69, 9.17) is 0 Å². The van der Waals surface area contributed by atoms with Gasteiger partial charge in [0.05, 0.1) is 15.9 Å². The van der Waals surface area contributed by atoms with E-state index in [1.807, 2.05) is 18.7 Å². The van der Waals surface area contributed by atoms with Crippen LogP contribution in [0.1, 0.15) is 44.0 Å². The molecule has 0 spiro atoms. The zero-order chi connectivity index (χ0) is 12.4. The van der Waals surface area contributed by atoms with Crippen LogP contribution in [0.25, 0.3) is 0 Å². The van der Waals surface area contributed by atoms with Gasteiger partial charge in [-0.1, -0.05) is 6.92 Å². The van der Waals surface area contributed by atoms with Gasteiger partial charge in [0, 0.05) is 19.6 Å². The molecule has 1 aliphatic carbocycles. The summed E-state index contributed by atoms with van der Waals surface area (Å²) in [5, 5.41) is 8.08. The average molecular weight is 300 g/mol. The predicted octanol–water partition coefficient (Wildman–Crippen LogP) is 3.16. The third-order valence-electron chi connectivity index (χ3n) is 3.84. The molecule has 96 valence electrons. The molecule has 0 aromatic carbocycles. The van der Waals surface area contributed by atoms with Gasteiger partial charge in [0.2, 0.25) is 0 Å². The number of hydrogen-bond acceptors (Lipinski definition) is 2. The van der Waals surface area contributed by atoms with E-state index in [1.165, 1.54) is 31.4 Å². The van der Waals surface area contributed by atoms with Crippen molar-refractivity contribution >= 4 is 15.9 Å². The molecule has 0 unspecified atom stereocenters. The minimum atomic E-state index is 0.688. The van der Waals surface area contributed by atoms with Crippen molar-refractivity contribution in [2.45, 2.75) is 52.1 Å². The van der Waals surface area contributed by atoms with E-state index in [1.54, 1.807) is 0 Å². The third kappa shape index (κ3) is 3.10. The molecule has 4 heteroatoms. The average Bonchev–Trinajstić information content (AvgIpc) is 2.54. The molecule has 1 fully saturated rings. The van der Waals surface area contributed by atoms with Crippen LogP contribution in [-0.4, -0.2) is 15.8 Å². The summed E-state index contributed by atoms with van der Waals surface area (Å²) in [5.74, 6) is 0.915. The first-order valence-corrected chi connectivity index (χ1v) is 7.28. The van der Waals surface area contributed by atoms with Crippen molar-refractivity contribution in [1.29, 1.82) is 0 Å². The van der Waals surface area contributed by atoms with Crippen LogP contribution in [0.2, 0.25) is 0 Å². The number of nitrogens with zero attached hydrogens (tertiary/aromatic N) is 2. The van der Waals surface area contributed by atoms with Crippen LogP contribution in [0.3, 0.4) is 0 Å². The van der Waals surface area contributed by atoms with Crippen molar-refractivity contribution in [1.82, 2.24) is 15.1 Å². The van der Waals surface area contributed by atoms with Crippen LogP contribution in [-0.2, 0) is 13.6 Å². The van der Waals surface area contributed by atoms with Gasteiger partial charge in [0.1, 0.15) is 0 Å². The van der Waals surface area contributed by atoms with Crippen molar-refractivity contribution in [3.63, 3.8) is 0 Å². The highest BCUT2D eigenvalue weighted by molar-refractivity contribution is 9.10. The molecule has 0 saturated heterocycles. The van der Waals surface area contributed by atoms with Crippen LogP contribution >= 0.6 is 15.9 Å². The molecule has 17 heavy (non-hydrogen) atoms. The Morgan fingerprint density at radius 1 is 1.35 bits per heavy atom. The van der Waals surface area contributed by atoms with Gasteiger partial charge in [-0.3, -0.25) is 4.68 Å². The summed E-state index contributed by atoms with van der Waals surface area (Å²) in [5.41, 5.74) is 2.32. The second kappa shape index (κ2) is 5.53. The van der Waals surface area contributed by atoms with Crippen LogP contribution in [0.4, 0.5) is 0 Å². The first-order chi connectivity index (χ1) is 8.08. The van der Waals surface area contributed by atoms with Crippen LogP contribution in [0, 0.1) is 12.8 Å². The van der Waals surface area contributed by atoms with Crippen molar-refractivity contribution in [2.24, 2.45) is 13.0 Å². The highest BCUT2D eigenvalue weighted by atomic mass is 79.9. The molecule has 0 atom stereocenters. The van der Waals surface area contributed by atoms with Crippen LogP contribution in [0.5, 0.6) is 0 Å². The Morgan fingerprint density at radius 2 is 2.00 bits per heavy atom. The zero-order valence-electron chi connectivity index (χ0n) is 11.0. The maximum absolute atomic E-state index is 4.42. The molecule has 2 rings (SSSR count). The molecule has 1 N–H and O–H groups in total. The molecule has 0 aliphatic heterocycles. The van der Waals surface area contributed by atoms with Gasteiger partial charge in [0.25, 0.3) is 0 Å². The molecular weight excluding hydrogens is 278 g/mol. The third-order valence-corrected chi connectivity index (χ3v) is 4.87. The van der Waals surface area contributed by atoms with Crippen molar-refractivity contribution in [2.75, 3.05) is 0 Å². The van der Waals surface area contributed by atoms with E-state index in [9.17, 15) is 0 Å². The number of rotatable bonds is 3. The fourth-order valence-corrected chi connectivity index (χ4v) is 3.05. The first-order valence-electron chi connectivity index (χ1n) is 6.49. The summed E-state index contributed by atoms with van der Waals surface area (Å²) in [6, 6.07) is 0.688. The predicted molar refractivity (Wildman–Crippen MR) is 73.9 cm³/mol. The van der Waals surface area contributed by atoms with E-state index in [0.717, 1.165) is 22.6 Å². The topological polar surface area (TPSA) is 29.9 Å². The number of hydrogen-bond donors (Lipinski definition) is 1. The number of nitrogens with one attached hydrogen (secondary N) is 1. The second-order valence-corrected chi connectivity index (χ2v) is 6.10. The summed E-state index contributed by atoms with van der Waals surface area (Å²) in [7, 11) is 2.01. The minimum absolute atomic E-state index is 0.688. The molecule has 3 nitrogen and oxygen atoms in total. The summed E-state index contributed by atoms with van der Waals surface area (Å²) < 4.78 is 3.12. The van der Waals surface area contributed by atoms with Gasteiger partial charge in [0.15, 0.2) is 0 Å². The lowest BCUT2D eigenvalue weighted by Gasteiger charge is -2.27. The highest BCUT2D eigenvalue weighted by Crippen LogP contribution is 2.25. The molecule has 0 bridgehead atoms. The van der Waals surface area contributed by atoms with Gasteiger partial charge in [-0.15, -0.1) is 0 Å². The van der Waals surface area contributed by atoms with E-state index in [2.05, 4.69) is 33.3 Å². The summed E-state index contributed by atoms with van der Waals surface area (Å²) >= 11 is 3.61. The lowest BCUT2D eigenvalue weighted by molar-refractivity contribution is 0.304. The standard InChI is InChI=1S/C13H22BrN3/c1-9-4-6-11(7-5-9)15-8-12-13(14)10(2)16-17(12)3/h9,11,15H,4-8H2,1-3H3. The SMILES string of the molecule is Cc1nn(C)c(CNC2CCC(C)CC2)c1Br. The number of aromatic nitrogens is 2. The molecule has 1 saturated carbocycles. The lowest BCUT2D eigenvalue weighted by Crippen LogP contribution is -2.32. The van der Waals surface area contributed by atoms with E-state index in [-0.39, 0.29) is 0 Å². The molecule has 1 aromatic heterocycles. The highest BCUT2D eigenvalue weighted by Gasteiger charge is 2.18. The van der Waals surface area contributed by atoms with Crippen molar-refractivity contribution in [3.05, 3.63) is 15.9 Å². The second-order valence-electron chi connectivity index (χ2n) is 5.31. The van der Waals surface area contributed by atoms with E-state index < -0.39 is 0 Å². The number of halogens is 1. The summed E-state index contributed by atoms with van der Waals surface area (Å²) in [6.07, 6.45) is 5.36. The first kappa shape index (κ1) is 13.1. The Balaban J connectivity index is 1.89. The zero-order valence-corrected chi connectivity index (χ0v) is 12.5. The van der Waals surface area contributed by atoms with Gasteiger partial charge in [-0.05, 0) is 54.5 Å². The maximum Gasteiger partial charge on any atom is 0.0739 e. The molecule has 1 aromatic rings. The molecule has 1 aliphatic rings. The van der Waals surface area contributed by atoms with Crippen LogP contribution in [0.15, 0.2) is 4.47 Å². The van der Waals surface area contributed by atoms with E-state index >= 15 is 0 Å².